The summed E-state index contributed by atoms with van der Waals surface area (Å²) in [7, 11) is -2.98. The number of rotatable bonds is 5. The van der Waals surface area contributed by atoms with E-state index >= 15 is 0 Å². The highest BCUT2D eigenvalue weighted by molar-refractivity contribution is 7.91. The summed E-state index contributed by atoms with van der Waals surface area (Å²) in [5.74, 6) is 0.833. The Bertz CT molecular complexity index is 440. The second kappa shape index (κ2) is 7.61. The predicted molar refractivity (Wildman–Crippen MR) is 84.8 cm³/mol. The minimum absolute atomic E-state index is 0.0531. The van der Waals surface area contributed by atoms with Crippen molar-refractivity contribution in [2.45, 2.75) is 81.9 Å². The molecule has 1 N–H and O–H groups in total. The molecule has 2 rings (SSSR count). The summed E-state index contributed by atoms with van der Waals surface area (Å²) in [6, 6.07) is 0.0531. The Hall–Kier alpha value is -0.580. The summed E-state index contributed by atoms with van der Waals surface area (Å²) in [4.78, 5) is 12.0. The number of sulfone groups is 1. The second-order valence-electron chi connectivity index (χ2n) is 6.93. The third kappa shape index (κ3) is 5.61. The molecule has 0 saturated heterocycles. The van der Waals surface area contributed by atoms with Crippen LogP contribution < -0.4 is 5.32 Å². The zero-order chi connectivity index (χ0) is 15.3. The molecule has 0 aromatic carbocycles. The van der Waals surface area contributed by atoms with E-state index in [2.05, 4.69) is 5.32 Å². The monoisotopic (exact) mass is 315 g/mol. The molecule has 2 aliphatic carbocycles. The maximum absolute atomic E-state index is 12.0. The molecule has 0 spiro atoms. The molecule has 0 unspecified atom stereocenters. The molecule has 21 heavy (non-hydrogen) atoms. The first-order valence-electron chi connectivity index (χ1n) is 8.43. The van der Waals surface area contributed by atoms with E-state index in [4.69, 9.17) is 0 Å². The van der Waals surface area contributed by atoms with Gasteiger partial charge in [-0.25, -0.2) is 8.42 Å². The van der Waals surface area contributed by atoms with Crippen molar-refractivity contribution in [3.63, 3.8) is 0 Å². The molecule has 122 valence electrons. The van der Waals surface area contributed by atoms with Gasteiger partial charge in [-0.1, -0.05) is 38.5 Å². The standard InChI is InChI=1S/C16H29NO3S/c1-21(19,20)15-9-5-8-14(12-15)17-16(18)11-10-13-6-3-2-4-7-13/h13-15H,2-12H2,1H3,(H,17,18)/t14-,15-/m0/s1. The zero-order valence-electron chi connectivity index (χ0n) is 13.1. The Morgan fingerprint density at radius 3 is 2.43 bits per heavy atom. The molecule has 5 heteroatoms. The SMILES string of the molecule is CS(=O)(=O)[C@H]1CCC[C@H](NC(=O)CCC2CCCCC2)C1. The lowest BCUT2D eigenvalue weighted by Gasteiger charge is -2.29. The van der Waals surface area contributed by atoms with Gasteiger partial charge in [0, 0.05) is 18.7 Å². The minimum Gasteiger partial charge on any atom is -0.353 e. The molecule has 2 saturated carbocycles. The van der Waals surface area contributed by atoms with Crippen LogP contribution in [0.3, 0.4) is 0 Å². The van der Waals surface area contributed by atoms with E-state index < -0.39 is 9.84 Å². The smallest absolute Gasteiger partial charge is 0.220 e. The summed E-state index contributed by atoms with van der Waals surface area (Å²) in [5, 5.41) is 2.79. The highest BCUT2D eigenvalue weighted by Gasteiger charge is 2.29. The molecule has 4 nitrogen and oxygen atoms in total. The maximum atomic E-state index is 12.0. The number of carbonyl (C=O) groups is 1. The molecule has 0 aromatic rings. The highest BCUT2D eigenvalue weighted by Crippen LogP contribution is 2.27. The largest absolute Gasteiger partial charge is 0.353 e. The van der Waals surface area contributed by atoms with Gasteiger partial charge < -0.3 is 5.32 Å². The fraction of sp³-hybridized carbons (Fsp3) is 0.938. The van der Waals surface area contributed by atoms with E-state index in [1.54, 1.807) is 0 Å². The van der Waals surface area contributed by atoms with Gasteiger partial charge in [0.1, 0.15) is 9.84 Å². The van der Waals surface area contributed by atoms with Gasteiger partial charge in [-0.15, -0.1) is 0 Å². The number of nitrogens with one attached hydrogen (secondary N) is 1. The van der Waals surface area contributed by atoms with Gasteiger partial charge >= 0.3 is 0 Å². The van der Waals surface area contributed by atoms with Crippen LogP contribution in [-0.4, -0.2) is 31.9 Å². The maximum Gasteiger partial charge on any atom is 0.220 e. The fourth-order valence-corrected chi connectivity index (χ4v) is 4.95. The molecule has 2 atom stereocenters. The highest BCUT2D eigenvalue weighted by atomic mass is 32.2. The topological polar surface area (TPSA) is 63.2 Å². The Balaban J connectivity index is 1.71. The van der Waals surface area contributed by atoms with Crippen molar-refractivity contribution in [3.8, 4) is 0 Å². The van der Waals surface area contributed by atoms with E-state index in [1.807, 2.05) is 0 Å². The molecular weight excluding hydrogens is 286 g/mol. The van der Waals surface area contributed by atoms with Gasteiger partial charge in [-0.05, 0) is 31.6 Å². The van der Waals surface area contributed by atoms with Gasteiger partial charge in [0.05, 0.1) is 5.25 Å². The lowest BCUT2D eigenvalue weighted by molar-refractivity contribution is -0.122. The molecule has 0 bridgehead atoms. The average molecular weight is 315 g/mol. The van der Waals surface area contributed by atoms with Crippen molar-refractivity contribution < 1.29 is 13.2 Å². The van der Waals surface area contributed by atoms with Crippen LogP contribution in [0.25, 0.3) is 0 Å². The Kier molecular flexibility index (Phi) is 6.08. The van der Waals surface area contributed by atoms with E-state index in [0.29, 0.717) is 12.8 Å². The number of amides is 1. The van der Waals surface area contributed by atoms with Crippen molar-refractivity contribution in [2.24, 2.45) is 5.92 Å². The number of hydrogen-bond donors (Lipinski definition) is 1. The Morgan fingerprint density at radius 1 is 1.05 bits per heavy atom. The molecule has 2 aliphatic rings. The lowest BCUT2D eigenvalue weighted by atomic mass is 9.86. The van der Waals surface area contributed by atoms with Crippen molar-refractivity contribution >= 4 is 15.7 Å². The second-order valence-corrected chi connectivity index (χ2v) is 9.25. The third-order valence-electron chi connectivity index (χ3n) is 5.10. The van der Waals surface area contributed by atoms with Crippen LogP contribution in [0.15, 0.2) is 0 Å². The van der Waals surface area contributed by atoms with Crippen LogP contribution >= 0.6 is 0 Å². The van der Waals surface area contributed by atoms with Crippen LogP contribution in [-0.2, 0) is 14.6 Å². The number of hydrogen-bond acceptors (Lipinski definition) is 3. The van der Waals surface area contributed by atoms with Crippen LogP contribution in [0.1, 0.15) is 70.6 Å². The van der Waals surface area contributed by atoms with Crippen LogP contribution in [0, 0.1) is 5.92 Å². The van der Waals surface area contributed by atoms with Gasteiger partial charge in [0.25, 0.3) is 0 Å². The molecule has 2 fully saturated rings. The summed E-state index contributed by atoms with van der Waals surface area (Å²) in [6.07, 6.45) is 12.6. The lowest BCUT2D eigenvalue weighted by Crippen LogP contribution is -2.41. The predicted octanol–water partition coefficient (Wildman–Crippen LogP) is 2.82. The van der Waals surface area contributed by atoms with Gasteiger partial charge in [0.2, 0.25) is 5.91 Å². The van der Waals surface area contributed by atoms with Crippen LogP contribution in [0.2, 0.25) is 0 Å². The zero-order valence-corrected chi connectivity index (χ0v) is 14.0. The van der Waals surface area contributed by atoms with Crippen LogP contribution in [0.4, 0.5) is 0 Å². The first-order chi connectivity index (χ1) is 9.95. The van der Waals surface area contributed by atoms with Crippen molar-refractivity contribution in [1.29, 1.82) is 0 Å². The molecule has 0 aliphatic heterocycles. The van der Waals surface area contributed by atoms with Crippen molar-refractivity contribution in [3.05, 3.63) is 0 Å². The van der Waals surface area contributed by atoms with E-state index in [0.717, 1.165) is 31.6 Å². The number of carbonyl (C=O) groups excluding carboxylic acids is 1. The quantitative estimate of drug-likeness (QED) is 0.848. The average Bonchev–Trinajstić information content (AvgIpc) is 2.46. The molecule has 1 amide bonds. The van der Waals surface area contributed by atoms with E-state index in [1.165, 1.54) is 38.4 Å². The molecule has 0 aromatic heterocycles. The molecule has 0 radical (unpaired) electrons. The Labute approximate surface area is 129 Å². The molecule has 0 heterocycles. The first kappa shape index (κ1) is 16.8. The first-order valence-corrected chi connectivity index (χ1v) is 10.4. The summed E-state index contributed by atoms with van der Waals surface area (Å²) >= 11 is 0. The Morgan fingerprint density at radius 2 is 1.76 bits per heavy atom. The van der Waals surface area contributed by atoms with E-state index in [9.17, 15) is 13.2 Å². The summed E-state index contributed by atoms with van der Waals surface area (Å²) < 4.78 is 23.3. The van der Waals surface area contributed by atoms with Crippen molar-refractivity contribution in [2.75, 3.05) is 6.26 Å². The fourth-order valence-electron chi connectivity index (χ4n) is 3.78. The molecular formula is C16H29NO3S. The van der Waals surface area contributed by atoms with Crippen molar-refractivity contribution in [1.82, 2.24) is 5.32 Å². The van der Waals surface area contributed by atoms with Gasteiger partial charge in [-0.2, -0.15) is 0 Å². The third-order valence-corrected chi connectivity index (χ3v) is 6.74. The van der Waals surface area contributed by atoms with Gasteiger partial charge in [0.15, 0.2) is 0 Å². The summed E-state index contributed by atoms with van der Waals surface area (Å²) in [5.41, 5.74) is 0. The van der Waals surface area contributed by atoms with E-state index in [-0.39, 0.29) is 17.2 Å². The van der Waals surface area contributed by atoms with Gasteiger partial charge in [-0.3, -0.25) is 4.79 Å². The summed E-state index contributed by atoms with van der Waals surface area (Å²) in [6.45, 7) is 0. The van der Waals surface area contributed by atoms with Crippen LogP contribution in [0.5, 0.6) is 0 Å². The normalized spacial score (nSPS) is 28.2. The minimum atomic E-state index is -2.98.